The number of nitrogens with one attached hydrogen (secondary N) is 1. The Labute approximate surface area is 154 Å². The van der Waals surface area contributed by atoms with Crippen LogP contribution in [0.1, 0.15) is 30.6 Å². The molecule has 0 aliphatic carbocycles. The summed E-state index contributed by atoms with van der Waals surface area (Å²) in [5.74, 6) is -0.113. The number of quaternary nitrogens is 1. The summed E-state index contributed by atoms with van der Waals surface area (Å²) in [5, 5.41) is 4.83. The van der Waals surface area contributed by atoms with Gasteiger partial charge >= 0.3 is 0 Å². The van der Waals surface area contributed by atoms with Crippen LogP contribution in [0.15, 0.2) is 66.2 Å². The summed E-state index contributed by atoms with van der Waals surface area (Å²) in [6.45, 7) is 4.42. The third-order valence-electron chi connectivity index (χ3n) is 3.42. The Morgan fingerprint density at radius 2 is 1.76 bits per heavy atom. The smallest absolute Gasteiger partial charge is 0.248 e. The van der Waals surface area contributed by atoms with E-state index in [0.29, 0.717) is 24.2 Å². The fraction of sp³-hybridized carbons (Fsp3) is 0.200. The highest BCUT2D eigenvalue weighted by Gasteiger charge is 2.09. The van der Waals surface area contributed by atoms with Crippen LogP contribution in [-0.2, 0) is 4.79 Å². The number of carbonyl (C=O) groups is 2. The van der Waals surface area contributed by atoms with Crippen molar-refractivity contribution < 1.29 is 27.3 Å². The van der Waals surface area contributed by atoms with Crippen LogP contribution in [-0.4, -0.2) is 18.2 Å². The van der Waals surface area contributed by atoms with E-state index in [0.717, 1.165) is 11.3 Å². The van der Waals surface area contributed by atoms with Crippen molar-refractivity contribution in [2.75, 3.05) is 11.9 Å². The molecule has 0 bridgehead atoms. The minimum atomic E-state index is -0.183. The van der Waals surface area contributed by atoms with E-state index in [-0.39, 0.29) is 24.1 Å². The predicted molar refractivity (Wildman–Crippen MR) is 96.3 cm³/mol. The van der Waals surface area contributed by atoms with Crippen molar-refractivity contribution in [2.24, 2.45) is 0 Å². The molecule has 0 aliphatic heterocycles. The van der Waals surface area contributed by atoms with E-state index in [4.69, 9.17) is 0 Å². The molecule has 132 valence electrons. The minimum absolute atomic E-state index is 0. The Morgan fingerprint density at radius 3 is 2.44 bits per heavy atom. The second kappa shape index (κ2) is 10.4. The lowest BCUT2D eigenvalue weighted by Crippen LogP contribution is -3.00. The van der Waals surface area contributed by atoms with Gasteiger partial charge < -0.3 is 23.0 Å². The van der Waals surface area contributed by atoms with Crippen LogP contribution < -0.4 is 23.0 Å². The number of benzene rings is 2. The SMILES string of the molecule is CC(C)=CC(=O)Nc1cccc(C(=O)CC[NH2+]c2ccccc2)c1.[Cl-]. The zero-order valence-corrected chi connectivity index (χ0v) is 15.2. The van der Waals surface area contributed by atoms with Gasteiger partial charge in [0.2, 0.25) is 5.91 Å². The van der Waals surface area contributed by atoms with Crippen LogP contribution in [0.4, 0.5) is 11.4 Å². The van der Waals surface area contributed by atoms with Crippen molar-refractivity contribution in [1.29, 1.82) is 0 Å². The number of nitrogens with two attached hydrogens (primary N) is 1. The molecule has 2 rings (SSSR count). The number of hydrogen-bond acceptors (Lipinski definition) is 2. The van der Waals surface area contributed by atoms with Crippen LogP contribution in [0.5, 0.6) is 0 Å². The van der Waals surface area contributed by atoms with Crippen molar-refractivity contribution in [3.05, 3.63) is 71.8 Å². The summed E-state index contributed by atoms with van der Waals surface area (Å²) < 4.78 is 0. The van der Waals surface area contributed by atoms with Gasteiger partial charge in [0.1, 0.15) is 5.69 Å². The molecule has 0 fully saturated rings. The van der Waals surface area contributed by atoms with Crippen LogP contribution in [0.2, 0.25) is 0 Å². The topological polar surface area (TPSA) is 62.8 Å². The predicted octanol–water partition coefficient (Wildman–Crippen LogP) is 0.0632. The third-order valence-corrected chi connectivity index (χ3v) is 3.42. The summed E-state index contributed by atoms with van der Waals surface area (Å²) in [7, 11) is 0. The van der Waals surface area contributed by atoms with Gasteiger partial charge in [0.25, 0.3) is 0 Å². The summed E-state index contributed by atoms with van der Waals surface area (Å²) in [6, 6.07) is 17.0. The van der Waals surface area contributed by atoms with Crippen molar-refractivity contribution in [3.8, 4) is 0 Å². The van der Waals surface area contributed by atoms with E-state index in [1.165, 1.54) is 6.08 Å². The van der Waals surface area contributed by atoms with Gasteiger partial charge in [-0.1, -0.05) is 35.9 Å². The number of hydrogen-bond donors (Lipinski definition) is 2. The van der Waals surface area contributed by atoms with E-state index in [1.54, 1.807) is 24.3 Å². The number of rotatable bonds is 7. The molecule has 0 atom stereocenters. The number of amides is 1. The van der Waals surface area contributed by atoms with Crippen molar-refractivity contribution in [2.45, 2.75) is 20.3 Å². The second-order valence-corrected chi connectivity index (χ2v) is 5.87. The van der Waals surface area contributed by atoms with Crippen LogP contribution in [0.25, 0.3) is 0 Å². The summed E-state index contributed by atoms with van der Waals surface area (Å²) in [5.41, 5.74) is 3.30. The first-order valence-corrected chi connectivity index (χ1v) is 8.02. The number of halogens is 1. The molecule has 0 unspecified atom stereocenters. The molecule has 3 N–H and O–H groups in total. The largest absolute Gasteiger partial charge is 1.00 e. The first kappa shape index (κ1) is 20.6. The monoisotopic (exact) mass is 358 g/mol. The summed E-state index contributed by atoms with van der Waals surface area (Å²) in [6.07, 6.45) is 1.98. The number of anilines is 1. The lowest BCUT2D eigenvalue weighted by molar-refractivity contribution is -0.570. The molecule has 0 radical (unpaired) electrons. The quantitative estimate of drug-likeness (QED) is 0.418. The maximum atomic E-state index is 12.3. The molecule has 0 aliphatic rings. The maximum Gasteiger partial charge on any atom is 0.248 e. The highest BCUT2D eigenvalue weighted by molar-refractivity contribution is 6.01. The number of ketones is 1. The fourth-order valence-corrected chi connectivity index (χ4v) is 2.31. The first-order chi connectivity index (χ1) is 11.5. The molecule has 2 aromatic rings. The summed E-state index contributed by atoms with van der Waals surface area (Å²) in [4.78, 5) is 24.1. The van der Waals surface area contributed by atoms with Gasteiger partial charge in [-0.15, -0.1) is 0 Å². The highest BCUT2D eigenvalue weighted by atomic mass is 35.5. The molecule has 4 nitrogen and oxygen atoms in total. The standard InChI is InChI=1S/C20H22N2O2.ClH/c1-15(2)13-20(24)22-18-10-6-7-16(14-18)19(23)11-12-21-17-8-4-3-5-9-17;/h3-10,13-14,21H,11-12H2,1-2H3,(H,22,24);1H. The van der Waals surface area contributed by atoms with Crippen LogP contribution >= 0.6 is 0 Å². The van der Waals surface area contributed by atoms with Crippen molar-refractivity contribution in [1.82, 2.24) is 0 Å². The van der Waals surface area contributed by atoms with Gasteiger partial charge in [0.15, 0.2) is 5.78 Å². The van der Waals surface area contributed by atoms with Gasteiger partial charge in [0.05, 0.1) is 13.0 Å². The Morgan fingerprint density at radius 1 is 1.04 bits per heavy atom. The lowest BCUT2D eigenvalue weighted by Gasteiger charge is -2.06. The number of para-hydroxylation sites is 1. The minimum Gasteiger partial charge on any atom is -1.00 e. The number of Topliss-reactive ketones (excluding diaryl/α,β-unsaturated/α-hetero) is 1. The molecule has 0 saturated carbocycles. The number of carbonyl (C=O) groups excluding carboxylic acids is 2. The van der Waals surface area contributed by atoms with E-state index in [1.807, 2.05) is 44.2 Å². The lowest BCUT2D eigenvalue weighted by atomic mass is 10.1. The van der Waals surface area contributed by atoms with Gasteiger partial charge in [0, 0.05) is 17.3 Å². The fourth-order valence-electron chi connectivity index (χ4n) is 2.31. The molecule has 25 heavy (non-hydrogen) atoms. The Balaban J connectivity index is 0.00000312. The molecular weight excluding hydrogens is 336 g/mol. The molecule has 1 amide bonds. The Hall–Kier alpha value is -2.43. The van der Waals surface area contributed by atoms with E-state index >= 15 is 0 Å². The van der Waals surface area contributed by atoms with E-state index < -0.39 is 0 Å². The van der Waals surface area contributed by atoms with E-state index in [2.05, 4.69) is 10.6 Å². The molecule has 0 saturated heterocycles. The number of allylic oxidation sites excluding steroid dienone is 1. The summed E-state index contributed by atoms with van der Waals surface area (Å²) >= 11 is 0. The van der Waals surface area contributed by atoms with Gasteiger partial charge in [-0.2, -0.15) is 0 Å². The molecule has 2 aromatic carbocycles. The Kier molecular flexibility index (Phi) is 8.61. The zero-order valence-electron chi connectivity index (χ0n) is 14.5. The van der Waals surface area contributed by atoms with Crippen LogP contribution in [0, 0.1) is 0 Å². The van der Waals surface area contributed by atoms with Gasteiger partial charge in [-0.25, -0.2) is 0 Å². The zero-order chi connectivity index (χ0) is 17.4. The van der Waals surface area contributed by atoms with Gasteiger partial charge in [-0.3, -0.25) is 9.59 Å². The molecule has 5 heteroatoms. The van der Waals surface area contributed by atoms with Crippen molar-refractivity contribution in [3.63, 3.8) is 0 Å². The second-order valence-electron chi connectivity index (χ2n) is 5.87. The highest BCUT2D eigenvalue weighted by Crippen LogP contribution is 2.12. The first-order valence-electron chi connectivity index (χ1n) is 8.02. The van der Waals surface area contributed by atoms with E-state index in [9.17, 15) is 9.59 Å². The average molecular weight is 359 g/mol. The third kappa shape index (κ3) is 7.33. The van der Waals surface area contributed by atoms with Gasteiger partial charge in [-0.05, 0) is 38.1 Å². The Bertz CT molecular complexity index is 738. The molecular formula is C20H23ClN2O2. The molecule has 0 aromatic heterocycles. The average Bonchev–Trinajstić information content (AvgIpc) is 2.55. The molecule has 0 spiro atoms. The van der Waals surface area contributed by atoms with Crippen LogP contribution in [0.3, 0.4) is 0 Å². The normalized spacial score (nSPS) is 9.68. The van der Waals surface area contributed by atoms with Crippen molar-refractivity contribution >= 4 is 23.1 Å². The molecule has 0 heterocycles. The maximum absolute atomic E-state index is 12.3.